The second kappa shape index (κ2) is 4.43. The van der Waals surface area contributed by atoms with Crippen molar-refractivity contribution >= 4 is 0 Å². The summed E-state index contributed by atoms with van der Waals surface area (Å²) in [7, 11) is 0. The van der Waals surface area contributed by atoms with E-state index in [1.54, 1.807) is 0 Å². The fraction of sp³-hybridized carbons (Fsp3) is 1.00. The molecule has 0 radical (unpaired) electrons. The lowest BCUT2D eigenvalue weighted by molar-refractivity contribution is 0.00392. The molecule has 0 unspecified atom stereocenters. The molecular weight excluding hydrogens is 162 g/mol. The molecule has 2 aliphatic rings. The maximum absolute atomic E-state index is 5.38. The van der Waals surface area contributed by atoms with E-state index >= 15 is 0 Å². The van der Waals surface area contributed by atoms with Gasteiger partial charge >= 0.3 is 0 Å². The molecule has 0 bridgehead atoms. The van der Waals surface area contributed by atoms with Gasteiger partial charge in [-0.15, -0.1) is 0 Å². The highest BCUT2D eigenvalue weighted by atomic mass is 16.5. The standard InChI is InChI=1S/C11H21NO/c1-10-3-2-4-11(9-10)12-5-7-13-8-6-12/h10-11H,2-9H2,1H3/t10-,11+/m0/s1. The van der Waals surface area contributed by atoms with Crippen LogP contribution in [0, 0.1) is 5.92 Å². The average molecular weight is 183 g/mol. The molecule has 1 aliphatic carbocycles. The van der Waals surface area contributed by atoms with Crippen molar-refractivity contribution in [3.63, 3.8) is 0 Å². The number of hydrogen-bond donors (Lipinski definition) is 0. The summed E-state index contributed by atoms with van der Waals surface area (Å²) in [6.45, 7) is 6.62. The van der Waals surface area contributed by atoms with Gasteiger partial charge in [-0.25, -0.2) is 0 Å². The van der Waals surface area contributed by atoms with E-state index in [0.29, 0.717) is 0 Å². The highest BCUT2D eigenvalue weighted by Gasteiger charge is 2.25. The molecule has 0 aromatic rings. The topological polar surface area (TPSA) is 12.5 Å². The first-order chi connectivity index (χ1) is 6.36. The van der Waals surface area contributed by atoms with Crippen LogP contribution >= 0.6 is 0 Å². The lowest BCUT2D eigenvalue weighted by atomic mass is 9.86. The molecule has 0 N–H and O–H groups in total. The highest BCUT2D eigenvalue weighted by Crippen LogP contribution is 2.27. The Hall–Kier alpha value is -0.0800. The van der Waals surface area contributed by atoms with Gasteiger partial charge in [0.1, 0.15) is 0 Å². The number of nitrogens with zero attached hydrogens (tertiary/aromatic N) is 1. The Kier molecular flexibility index (Phi) is 3.23. The van der Waals surface area contributed by atoms with E-state index in [-0.39, 0.29) is 0 Å². The van der Waals surface area contributed by atoms with Gasteiger partial charge in [0.2, 0.25) is 0 Å². The Labute approximate surface area is 81.3 Å². The summed E-state index contributed by atoms with van der Waals surface area (Å²) in [5.41, 5.74) is 0. The summed E-state index contributed by atoms with van der Waals surface area (Å²) in [5.74, 6) is 0.946. The van der Waals surface area contributed by atoms with Crippen LogP contribution in [0.5, 0.6) is 0 Å². The molecular formula is C11H21NO. The molecule has 0 aromatic heterocycles. The van der Waals surface area contributed by atoms with Gasteiger partial charge in [0, 0.05) is 19.1 Å². The van der Waals surface area contributed by atoms with Gasteiger partial charge in [0.05, 0.1) is 13.2 Å². The fourth-order valence-corrected chi connectivity index (χ4v) is 2.68. The zero-order valence-electron chi connectivity index (χ0n) is 8.67. The predicted molar refractivity (Wildman–Crippen MR) is 53.8 cm³/mol. The van der Waals surface area contributed by atoms with Crippen molar-refractivity contribution < 1.29 is 4.74 Å². The normalized spacial score (nSPS) is 37.6. The van der Waals surface area contributed by atoms with Crippen molar-refractivity contribution in [1.29, 1.82) is 0 Å². The Balaban J connectivity index is 1.83. The first kappa shape index (κ1) is 9.47. The summed E-state index contributed by atoms with van der Waals surface area (Å²) in [5, 5.41) is 0. The van der Waals surface area contributed by atoms with Crippen LogP contribution in [0.3, 0.4) is 0 Å². The maximum atomic E-state index is 5.38. The van der Waals surface area contributed by atoms with Crippen LogP contribution in [-0.4, -0.2) is 37.2 Å². The molecule has 0 amide bonds. The molecule has 1 saturated carbocycles. The third-order valence-corrected chi connectivity index (χ3v) is 3.47. The molecule has 0 spiro atoms. The predicted octanol–water partition coefficient (Wildman–Crippen LogP) is 1.90. The average Bonchev–Trinajstić information content (AvgIpc) is 2.19. The summed E-state index contributed by atoms with van der Waals surface area (Å²) in [6, 6.07) is 0.868. The summed E-state index contributed by atoms with van der Waals surface area (Å²) >= 11 is 0. The van der Waals surface area contributed by atoms with Crippen LogP contribution in [0.1, 0.15) is 32.6 Å². The first-order valence-corrected chi connectivity index (χ1v) is 5.68. The minimum atomic E-state index is 0.868. The van der Waals surface area contributed by atoms with E-state index in [2.05, 4.69) is 11.8 Å². The molecule has 13 heavy (non-hydrogen) atoms. The molecule has 0 aromatic carbocycles. The Morgan fingerprint density at radius 3 is 2.62 bits per heavy atom. The van der Waals surface area contributed by atoms with Crippen LogP contribution in [-0.2, 0) is 4.74 Å². The summed E-state index contributed by atoms with van der Waals surface area (Å²) in [4.78, 5) is 2.64. The summed E-state index contributed by atoms with van der Waals surface area (Å²) in [6.07, 6.45) is 5.72. The number of morpholine rings is 1. The van der Waals surface area contributed by atoms with Gasteiger partial charge < -0.3 is 4.74 Å². The van der Waals surface area contributed by atoms with Gasteiger partial charge in [-0.2, -0.15) is 0 Å². The molecule has 1 saturated heterocycles. The fourth-order valence-electron chi connectivity index (χ4n) is 2.68. The van der Waals surface area contributed by atoms with E-state index in [9.17, 15) is 0 Å². The molecule has 76 valence electrons. The van der Waals surface area contributed by atoms with Gasteiger partial charge in [0.25, 0.3) is 0 Å². The smallest absolute Gasteiger partial charge is 0.0594 e. The lowest BCUT2D eigenvalue weighted by Crippen LogP contribution is -2.45. The van der Waals surface area contributed by atoms with Gasteiger partial charge in [-0.05, 0) is 18.8 Å². The second-order valence-electron chi connectivity index (χ2n) is 4.57. The van der Waals surface area contributed by atoms with E-state index in [0.717, 1.165) is 38.3 Å². The number of rotatable bonds is 1. The zero-order chi connectivity index (χ0) is 9.10. The molecule has 2 rings (SSSR count). The molecule has 2 fully saturated rings. The van der Waals surface area contributed by atoms with E-state index in [4.69, 9.17) is 4.74 Å². The number of ether oxygens (including phenoxy) is 1. The van der Waals surface area contributed by atoms with Crippen LogP contribution in [0.15, 0.2) is 0 Å². The molecule has 2 nitrogen and oxygen atoms in total. The maximum Gasteiger partial charge on any atom is 0.0594 e. The van der Waals surface area contributed by atoms with Crippen molar-refractivity contribution in [3.8, 4) is 0 Å². The van der Waals surface area contributed by atoms with E-state index < -0.39 is 0 Å². The van der Waals surface area contributed by atoms with Crippen molar-refractivity contribution in [3.05, 3.63) is 0 Å². The van der Waals surface area contributed by atoms with Crippen LogP contribution in [0.2, 0.25) is 0 Å². The third kappa shape index (κ3) is 2.44. The second-order valence-corrected chi connectivity index (χ2v) is 4.57. The van der Waals surface area contributed by atoms with Gasteiger partial charge in [-0.3, -0.25) is 4.90 Å². The first-order valence-electron chi connectivity index (χ1n) is 5.68. The van der Waals surface area contributed by atoms with Crippen molar-refractivity contribution in [1.82, 2.24) is 4.90 Å². The lowest BCUT2D eigenvalue weighted by Gasteiger charge is -2.38. The van der Waals surface area contributed by atoms with Crippen molar-refractivity contribution in [2.75, 3.05) is 26.3 Å². The highest BCUT2D eigenvalue weighted by molar-refractivity contribution is 4.79. The molecule has 2 heteroatoms. The SMILES string of the molecule is C[C@H]1CCC[C@@H](N2CCOCC2)C1. The third-order valence-electron chi connectivity index (χ3n) is 3.47. The summed E-state index contributed by atoms with van der Waals surface area (Å²) < 4.78 is 5.38. The van der Waals surface area contributed by atoms with Gasteiger partial charge in [-0.1, -0.05) is 19.8 Å². The monoisotopic (exact) mass is 183 g/mol. The van der Waals surface area contributed by atoms with Crippen LogP contribution < -0.4 is 0 Å². The quantitative estimate of drug-likeness (QED) is 0.615. The Morgan fingerprint density at radius 1 is 1.15 bits per heavy atom. The molecule has 1 aliphatic heterocycles. The Morgan fingerprint density at radius 2 is 1.92 bits per heavy atom. The van der Waals surface area contributed by atoms with Crippen LogP contribution in [0.25, 0.3) is 0 Å². The Bertz CT molecular complexity index is 154. The van der Waals surface area contributed by atoms with Crippen molar-refractivity contribution in [2.24, 2.45) is 5.92 Å². The minimum Gasteiger partial charge on any atom is -0.379 e. The van der Waals surface area contributed by atoms with Crippen LogP contribution in [0.4, 0.5) is 0 Å². The minimum absolute atomic E-state index is 0.868. The molecule has 2 atom stereocenters. The van der Waals surface area contributed by atoms with E-state index in [1.807, 2.05) is 0 Å². The zero-order valence-corrected chi connectivity index (χ0v) is 8.67. The van der Waals surface area contributed by atoms with E-state index in [1.165, 1.54) is 25.7 Å². The largest absolute Gasteiger partial charge is 0.379 e. The van der Waals surface area contributed by atoms with Crippen molar-refractivity contribution in [2.45, 2.75) is 38.6 Å². The molecule has 1 heterocycles. The van der Waals surface area contributed by atoms with Gasteiger partial charge in [0.15, 0.2) is 0 Å². The number of hydrogen-bond acceptors (Lipinski definition) is 2.